The second kappa shape index (κ2) is 8.21. The van der Waals surface area contributed by atoms with Crippen LogP contribution in [0.25, 0.3) is 0 Å². The van der Waals surface area contributed by atoms with E-state index < -0.39 is 0 Å². The minimum atomic E-state index is 0.0459. The fraction of sp³-hybridized carbons (Fsp3) is 0.714. The molecule has 3 heteroatoms. The average Bonchev–Trinajstić information content (AvgIpc) is 2.55. The molecule has 1 saturated heterocycles. The van der Waals surface area contributed by atoms with Crippen molar-refractivity contribution in [3.8, 4) is 0 Å². The van der Waals surface area contributed by atoms with Crippen molar-refractivity contribution in [2.75, 3.05) is 13.2 Å². The maximum Gasteiger partial charge on any atom is 0.0657 e. The summed E-state index contributed by atoms with van der Waals surface area (Å²) in [5, 5.41) is 4.50. The summed E-state index contributed by atoms with van der Waals surface area (Å²) in [5.41, 5.74) is 1.73. The van der Waals surface area contributed by atoms with Crippen LogP contribution < -0.4 is 5.32 Å². The number of benzene rings is 1. The Kier molecular flexibility index (Phi) is 6.75. The van der Waals surface area contributed by atoms with Gasteiger partial charge in [-0.05, 0) is 75.1 Å². The third kappa shape index (κ3) is 4.74. The van der Waals surface area contributed by atoms with Gasteiger partial charge in [0.2, 0.25) is 0 Å². The van der Waals surface area contributed by atoms with Gasteiger partial charge in [0.1, 0.15) is 0 Å². The molecular formula is C21H34ClNO. The molecule has 0 amide bonds. The van der Waals surface area contributed by atoms with Gasteiger partial charge in [-0.15, -0.1) is 0 Å². The zero-order valence-corrected chi connectivity index (χ0v) is 16.7. The molecule has 1 N–H and O–H groups in total. The average molecular weight is 352 g/mol. The standard InChI is InChI=1S/C21H34ClNO/c1-6-20(5)15-21(16(2)3,12-14-24-20)11-13-23-17(4)18-7-9-19(22)10-8-18/h7-10,16-17,23H,6,11-15H2,1-5H3/t17-,20-,21-/m0/s1. The van der Waals surface area contributed by atoms with E-state index in [4.69, 9.17) is 16.3 Å². The van der Waals surface area contributed by atoms with E-state index in [1.807, 2.05) is 12.1 Å². The largest absolute Gasteiger partial charge is 0.375 e. The molecule has 0 aromatic heterocycles. The maximum absolute atomic E-state index is 6.10. The maximum atomic E-state index is 6.10. The van der Waals surface area contributed by atoms with Crippen molar-refractivity contribution in [1.29, 1.82) is 0 Å². The Morgan fingerprint density at radius 2 is 1.88 bits per heavy atom. The molecule has 1 heterocycles. The Bertz CT molecular complexity index is 515. The summed E-state index contributed by atoms with van der Waals surface area (Å²) < 4.78 is 6.10. The summed E-state index contributed by atoms with van der Waals surface area (Å²) in [6.45, 7) is 13.5. The monoisotopic (exact) mass is 351 g/mol. The Morgan fingerprint density at radius 3 is 2.46 bits per heavy atom. The van der Waals surface area contributed by atoms with Crippen molar-refractivity contribution < 1.29 is 4.74 Å². The van der Waals surface area contributed by atoms with E-state index in [1.165, 1.54) is 24.8 Å². The van der Waals surface area contributed by atoms with Gasteiger partial charge in [0, 0.05) is 17.7 Å². The second-order valence-electron chi connectivity index (χ2n) is 8.07. The predicted molar refractivity (Wildman–Crippen MR) is 104 cm³/mol. The lowest BCUT2D eigenvalue weighted by Crippen LogP contribution is -2.46. The van der Waals surface area contributed by atoms with Gasteiger partial charge in [0.25, 0.3) is 0 Å². The third-order valence-corrected chi connectivity index (χ3v) is 6.44. The van der Waals surface area contributed by atoms with Crippen LogP contribution in [0.5, 0.6) is 0 Å². The zero-order valence-electron chi connectivity index (χ0n) is 16.0. The number of halogens is 1. The Morgan fingerprint density at radius 1 is 1.21 bits per heavy atom. The van der Waals surface area contributed by atoms with Crippen molar-refractivity contribution in [3.63, 3.8) is 0 Å². The van der Waals surface area contributed by atoms with Crippen LogP contribution in [-0.4, -0.2) is 18.8 Å². The molecule has 0 saturated carbocycles. The van der Waals surface area contributed by atoms with Crippen LogP contribution in [-0.2, 0) is 4.74 Å². The number of nitrogens with one attached hydrogen (secondary N) is 1. The summed E-state index contributed by atoms with van der Waals surface area (Å²) in [6, 6.07) is 8.51. The summed E-state index contributed by atoms with van der Waals surface area (Å²) >= 11 is 5.98. The van der Waals surface area contributed by atoms with Gasteiger partial charge in [-0.25, -0.2) is 0 Å². The van der Waals surface area contributed by atoms with Crippen LogP contribution in [0.3, 0.4) is 0 Å². The van der Waals surface area contributed by atoms with Crippen LogP contribution in [0.4, 0.5) is 0 Å². The van der Waals surface area contributed by atoms with Crippen molar-refractivity contribution >= 4 is 11.6 Å². The van der Waals surface area contributed by atoms with Crippen LogP contribution in [0, 0.1) is 11.3 Å². The molecule has 1 aliphatic rings. The minimum absolute atomic E-state index is 0.0459. The van der Waals surface area contributed by atoms with Gasteiger partial charge in [0.05, 0.1) is 5.60 Å². The van der Waals surface area contributed by atoms with Gasteiger partial charge in [0.15, 0.2) is 0 Å². The van der Waals surface area contributed by atoms with E-state index in [0.717, 1.165) is 24.6 Å². The highest BCUT2D eigenvalue weighted by Crippen LogP contribution is 2.47. The zero-order chi connectivity index (χ0) is 17.8. The van der Waals surface area contributed by atoms with E-state index in [9.17, 15) is 0 Å². The Balaban J connectivity index is 1.95. The van der Waals surface area contributed by atoms with Gasteiger partial charge in [-0.3, -0.25) is 0 Å². The highest BCUT2D eigenvalue weighted by molar-refractivity contribution is 6.30. The van der Waals surface area contributed by atoms with Crippen molar-refractivity contribution in [2.24, 2.45) is 11.3 Å². The number of hydrogen-bond acceptors (Lipinski definition) is 2. The smallest absolute Gasteiger partial charge is 0.0657 e. The molecule has 24 heavy (non-hydrogen) atoms. The van der Waals surface area contributed by atoms with Crippen LogP contribution >= 0.6 is 11.6 Å². The highest BCUT2D eigenvalue weighted by atomic mass is 35.5. The molecule has 1 aromatic rings. The van der Waals surface area contributed by atoms with Gasteiger partial charge in [-0.2, -0.15) is 0 Å². The molecule has 2 rings (SSSR count). The SMILES string of the molecule is CC[C@@]1(C)C[C@@](CCN[C@@H](C)c2ccc(Cl)cc2)(C(C)C)CCO1. The first kappa shape index (κ1) is 19.8. The quantitative estimate of drug-likeness (QED) is 0.650. The topological polar surface area (TPSA) is 21.3 Å². The number of ether oxygens (including phenoxy) is 1. The fourth-order valence-corrected chi connectivity index (χ4v) is 4.14. The van der Waals surface area contributed by atoms with E-state index in [2.05, 4.69) is 52.1 Å². The Labute approximate surface area is 153 Å². The van der Waals surface area contributed by atoms with E-state index in [-0.39, 0.29) is 5.60 Å². The van der Waals surface area contributed by atoms with Crippen LogP contribution in [0.2, 0.25) is 5.02 Å². The first-order valence-electron chi connectivity index (χ1n) is 9.43. The van der Waals surface area contributed by atoms with Crippen LogP contribution in [0.15, 0.2) is 24.3 Å². The molecule has 0 bridgehead atoms. The van der Waals surface area contributed by atoms with Gasteiger partial charge in [-0.1, -0.05) is 44.5 Å². The molecule has 136 valence electrons. The molecule has 0 radical (unpaired) electrons. The Hall–Kier alpha value is -0.570. The lowest BCUT2D eigenvalue weighted by atomic mass is 9.64. The van der Waals surface area contributed by atoms with E-state index >= 15 is 0 Å². The fourth-order valence-electron chi connectivity index (χ4n) is 4.01. The van der Waals surface area contributed by atoms with E-state index in [0.29, 0.717) is 17.4 Å². The first-order chi connectivity index (χ1) is 11.3. The molecule has 0 spiro atoms. The summed E-state index contributed by atoms with van der Waals surface area (Å²) in [5.74, 6) is 0.680. The van der Waals surface area contributed by atoms with Crippen molar-refractivity contribution in [1.82, 2.24) is 5.32 Å². The molecule has 2 nitrogen and oxygen atoms in total. The van der Waals surface area contributed by atoms with Crippen molar-refractivity contribution in [2.45, 2.75) is 71.9 Å². The molecule has 1 aromatic carbocycles. The predicted octanol–water partition coefficient (Wildman–Crippen LogP) is 6.00. The number of rotatable bonds is 7. The molecule has 0 unspecified atom stereocenters. The molecule has 3 atom stereocenters. The van der Waals surface area contributed by atoms with Gasteiger partial charge < -0.3 is 10.1 Å². The normalized spacial score (nSPS) is 29.0. The van der Waals surface area contributed by atoms with Crippen molar-refractivity contribution in [3.05, 3.63) is 34.9 Å². The lowest BCUT2D eigenvalue weighted by molar-refractivity contribution is -0.132. The summed E-state index contributed by atoms with van der Waals surface area (Å²) in [6.07, 6.45) is 4.65. The third-order valence-electron chi connectivity index (χ3n) is 6.19. The minimum Gasteiger partial charge on any atom is -0.375 e. The number of hydrogen-bond donors (Lipinski definition) is 1. The molecule has 1 aliphatic heterocycles. The first-order valence-corrected chi connectivity index (χ1v) is 9.81. The second-order valence-corrected chi connectivity index (χ2v) is 8.51. The molecule has 0 aliphatic carbocycles. The highest BCUT2D eigenvalue weighted by Gasteiger charge is 2.43. The van der Waals surface area contributed by atoms with Crippen LogP contribution in [0.1, 0.15) is 71.9 Å². The lowest BCUT2D eigenvalue weighted by Gasteiger charge is -2.49. The summed E-state index contributed by atoms with van der Waals surface area (Å²) in [7, 11) is 0. The van der Waals surface area contributed by atoms with E-state index in [1.54, 1.807) is 0 Å². The summed E-state index contributed by atoms with van der Waals surface area (Å²) in [4.78, 5) is 0. The molecular weight excluding hydrogens is 318 g/mol. The molecule has 1 fully saturated rings. The van der Waals surface area contributed by atoms with Gasteiger partial charge >= 0.3 is 0 Å².